The fraction of sp³-hybridized carbons (Fsp3) is 0.917. The first-order valence-electron chi connectivity index (χ1n) is 6.20. The first kappa shape index (κ1) is 12.8. The molecule has 0 radical (unpaired) electrons. The van der Waals surface area contributed by atoms with Crippen molar-refractivity contribution in [1.29, 1.82) is 0 Å². The number of carbonyl (C=O) groups is 1. The molecular weight excluding hydrogens is 224 g/mol. The monoisotopic (exact) mass is 244 g/mol. The molecule has 2 heterocycles. The molecule has 2 saturated heterocycles. The lowest BCUT2D eigenvalue weighted by Crippen LogP contribution is -2.60. The van der Waals surface area contributed by atoms with Gasteiger partial charge in [-0.25, -0.2) is 0 Å². The van der Waals surface area contributed by atoms with Gasteiger partial charge in [0.05, 0.1) is 12.7 Å². The van der Waals surface area contributed by atoms with E-state index in [1.165, 1.54) is 6.92 Å². The Hall–Kier alpha value is -0.650. The number of aliphatic hydroxyl groups excluding tert-OH is 1. The van der Waals surface area contributed by atoms with Crippen LogP contribution in [-0.2, 0) is 19.0 Å². The van der Waals surface area contributed by atoms with Crippen LogP contribution in [0.4, 0.5) is 0 Å². The third-order valence-corrected chi connectivity index (χ3v) is 3.35. The first-order valence-corrected chi connectivity index (χ1v) is 6.20. The second-order valence-corrected chi connectivity index (χ2v) is 4.87. The van der Waals surface area contributed by atoms with Gasteiger partial charge in [-0.2, -0.15) is 0 Å². The lowest BCUT2D eigenvalue weighted by Gasteiger charge is -2.48. The maximum Gasteiger partial charge on any atom is 0.303 e. The zero-order chi connectivity index (χ0) is 12.5. The SMILES string of the molecule is CC(=O)O[C@H]1C[C@H](C)O[C@]2(CCCCO2)[C@H]1O. The Labute approximate surface area is 101 Å². The van der Waals surface area contributed by atoms with Crippen molar-refractivity contribution in [2.24, 2.45) is 0 Å². The van der Waals surface area contributed by atoms with Crippen LogP contribution >= 0.6 is 0 Å². The summed E-state index contributed by atoms with van der Waals surface area (Å²) < 4.78 is 16.6. The Bertz CT molecular complexity index is 285. The summed E-state index contributed by atoms with van der Waals surface area (Å²) in [4.78, 5) is 11.0. The van der Waals surface area contributed by atoms with Crippen molar-refractivity contribution in [2.45, 2.75) is 63.6 Å². The topological polar surface area (TPSA) is 65.0 Å². The molecule has 17 heavy (non-hydrogen) atoms. The highest BCUT2D eigenvalue weighted by atomic mass is 16.7. The summed E-state index contributed by atoms with van der Waals surface area (Å²) >= 11 is 0. The first-order chi connectivity index (χ1) is 8.03. The molecule has 0 aromatic carbocycles. The van der Waals surface area contributed by atoms with Gasteiger partial charge in [0, 0.05) is 19.8 Å². The van der Waals surface area contributed by atoms with Crippen molar-refractivity contribution in [3.63, 3.8) is 0 Å². The number of hydrogen-bond acceptors (Lipinski definition) is 5. The van der Waals surface area contributed by atoms with Gasteiger partial charge in [0.2, 0.25) is 0 Å². The van der Waals surface area contributed by atoms with Crippen molar-refractivity contribution >= 4 is 5.97 Å². The smallest absolute Gasteiger partial charge is 0.303 e. The van der Waals surface area contributed by atoms with Gasteiger partial charge in [-0.1, -0.05) is 0 Å². The third kappa shape index (κ3) is 2.61. The van der Waals surface area contributed by atoms with Crippen LogP contribution in [-0.4, -0.2) is 41.8 Å². The highest BCUT2D eigenvalue weighted by Crippen LogP contribution is 2.38. The quantitative estimate of drug-likeness (QED) is 0.697. The van der Waals surface area contributed by atoms with E-state index in [2.05, 4.69) is 0 Å². The molecule has 5 nitrogen and oxygen atoms in total. The number of carbonyl (C=O) groups excluding carboxylic acids is 1. The van der Waals surface area contributed by atoms with Gasteiger partial charge in [0.15, 0.2) is 5.79 Å². The second kappa shape index (κ2) is 4.92. The summed E-state index contributed by atoms with van der Waals surface area (Å²) in [6, 6.07) is 0. The fourth-order valence-corrected chi connectivity index (χ4v) is 2.64. The summed E-state index contributed by atoms with van der Waals surface area (Å²) in [5.41, 5.74) is 0. The van der Waals surface area contributed by atoms with Crippen LogP contribution in [0, 0.1) is 0 Å². The van der Waals surface area contributed by atoms with E-state index in [0.717, 1.165) is 12.8 Å². The lowest BCUT2D eigenvalue weighted by atomic mass is 9.90. The highest BCUT2D eigenvalue weighted by molar-refractivity contribution is 5.66. The Balaban J connectivity index is 2.12. The molecule has 0 bridgehead atoms. The van der Waals surface area contributed by atoms with E-state index in [-0.39, 0.29) is 12.1 Å². The average Bonchev–Trinajstić information content (AvgIpc) is 2.26. The number of esters is 1. The zero-order valence-electron chi connectivity index (χ0n) is 10.3. The van der Waals surface area contributed by atoms with Crippen LogP contribution in [0.2, 0.25) is 0 Å². The second-order valence-electron chi connectivity index (χ2n) is 4.87. The van der Waals surface area contributed by atoms with Crippen molar-refractivity contribution < 1.29 is 24.1 Å². The lowest BCUT2D eigenvalue weighted by molar-refractivity contribution is -0.349. The van der Waals surface area contributed by atoms with Gasteiger partial charge in [-0.05, 0) is 19.8 Å². The number of rotatable bonds is 1. The molecule has 98 valence electrons. The molecule has 2 aliphatic rings. The summed E-state index contributed by atoms with van der Waals surface area (Å²) in [7, 11) is 0. The normalized spacial score (nSPS) is 42.4. The van der Waals surface area contributed by atoms with Crippen LogP contribution < -0.4 is 0 Å². The molecule has 0 aliphatic carbocycles. The maximum absolute atomic E-state index is 11.0. The van der Waals surface area contributed by atoms with Gasteiger partial charge in [-0.3, -0.25) is 4.79 Å². The predicted molar refractivity (Wildman–Crippen MR) is 59.3 cm³/mol. The molecule has 1 spiro atoms. The van der Waals surface area contributed by atoms with Gasteiger partial charge in [0.25, 0.3) is 0 Å². The van der Waals surface area contributed by atoms with Crippen LogP contribution in [0.5, 0.6) is 0 Å². The molecule has 2 rings (SSSR count). The van der Waals surface area contributed by atoms with E-state index in [9.17, 15) is 9.90 Å². The van der Waals surface area contributed by atoms with Crippen LogP contribution in [0.25, 0.3) is 0 Å². The predicted octanol–water partition coefficient (Wildman–Crippen LogP) is 0.985. The van der Waals surface area contributed by atoms with E-state index in [1.807, 2.05) is 6.92 Å². The minimum atomic E-state index is -0.976. The molecule has 0 amide bonds. The third-order valence-electron chi connectivity index (χ3n) is 3.35. The number of aliphatic hydroxyl groups is 1. The molecular formula is C12H20O5. The minimum Gasteiger partial charge on any atom is -0.459 e. The average molecular weight is 244 g/mol. The Morgan fingerprint density at radius 1 is 1.47 bits per heavy atom. The van der Waals surface area contributed by atoms with Gasteiger partial charge < -0.3 is 19.3 Å². The number of hydrogen-bond donors (Lipinski definition) is 1. The van der Waals surface area contributed by atoms with E-state index in [0.29, 0.717) is 19.4 Å². The van der Waals surface area contributed by atoms with E-state index in [1.54, 1.807) is 0 Å². The van der Waals surface area contributed by atoms with Crippen LogP contribution in [0.15, 0.2) is 0 Å². The summed E-state index contributed by atoms with van der Waals surface area (Å²) in [6.07, 6.45) is 1.57. The molecule has 1 N–H and O–H groups in total. The molecule has 4 atom stereocenters. The highest BCUT2D eigenvalue weighted by Gasteiger charge is 2.51. The summed E-state index contributed by atoms with van der Waals surface area (Å²) in [6.45, 7) is 3.83. The van der Waals surface area contributed by atoms with Crippen molar-refractivity contribution in [3.8, 4) is 0 Å². The van der Waals surface area contributed by atoms with Crippen LogP contribution in [0.3, 0.4) is 0 Å². The van der Waals surface area contributed by atoms with Gasteiger partial charge >= 0.3 is 5.97 Å². The molecule has 0 saturated carbocycles. The Morgan fingerprint density at radius 3 is 2.82 bits per heavy atom. The maximum atomic E-state index is 11.0. The largest absolute Gasteiger partial charge is 0.459 e. The Kier molecular flexibility index (Phi) is 3.70. The fourth-order valence-electron chi connectivity index (χ4n) is 2.64. The van der Waals surface area contributed by atoms with Gasteiger partial charge in [-0.15, -0.1) is 0 Å². The van der Waals surface area contributed by atoms with Crippen molar-refractivity contribution in [3.05, 3.63) is 0 Å². The summed E-state index contributed by atoms with van der Waals surface area (Å²) in [5, 5.41) is 10.3. The van der Waals surface area contributed by atoms with Crippen molar-refractivity contribution in [1.82, 2.24) is 0 Å². The van der Waals surface area contributed by atoms with Crippen molar-refractivity contribution in [2.75, 3.05) is 6.61 Å². The van der Waals surface area contributed by atoms with E-state index >= 15 is 0 Å². The summed E-state index contributed by atoms with van der Waals surface area (Å²) in [5.74, 6) is -1.36. The minimum absolute atomic E-state index is 0.0825. The molecule has 0 aromatic rings. The zero-order valence-corrected chi connectivity index (χ0v) is 10.3. The Morgan fingerprint density at radius 2 is 2.24 bits per heavy atom. The molecule has 0 unspecified atom stereocenters. The molecule has 2 aliphatic heterocycles. The van der Waals surface area contributed by atoms with Crippen LogP contribution in [0.1, 0.15) is 39.5 Å². The van der Waals surface area contributed by atoms with E-state index in [4.69, 9.17) is 14.2 Å². The molecule has 0 aromatic heterocycles. The molecule has 5 heteroatoms. The van der Waals surface area contributed by atoms with Gasteiger partial charge in [0.1, 0.15) is 12.2 Å². The molecule has 2 fully saturated rings. The standard InChI is InChI=1S/C12H20O5/c1-8-7-10(16-9(2)13)11(14)12(17-8)5-3-4-6-15-12/h8,10-11,14H,3-7H2,1-2H3/t8-,10-,11-,12+/m0/s1. The van der Waals surface area contributed by atoms with E-state index < -0.39 is 18.0 Å². The number of ether oxygens (including phenoxy) is 3.